The first kappa shape index (κ1) is 19.9. The summed E-state index contributed by atoms with van der Waals surface area (Å²) in [4.78, 5) is 24.4. The van der Waals surface area contributed by atoms with E-state index in [1.165, 1.54) is 12.2 Å². The van der Waals surface area contributed by atoms with Gasteiger partial charge in [0.15, 0.2) is 11.6 Å². The quantitative estimate of drug-likeness (QED) is 0.666. The molecule has 154 valence electrons. The average molecular weight is 392 g/mol. The Morgan fingerprint density at radius 3 is 2.64 bits per heavy atom. The Labute approximate surface area is 164 Å². The first-order valence-electron chi connectivity index (χ1n) is 10.1. The predicted octanol–water partition coefficient (Wildman–Crippen LogP) is 1.75. The van der Waals surface area contributed by atoms with Crippen LogP contribution in [0.15, 0.2) is 23.8 Å². The molecule has 0 aromatic carbocycles. The number of aliphatic hydroxyl groups is 3. The van der Waals surface area contributed by atoms with Crippen molar-refractivity contribution in [2.45, 2.75) is 57.9 Å². The van der Waals surface area contributed by atoms with E-state index in [2.05, 4.69) is 0 Å². The maximum atomic E-state index is 15.2. The van der Waals surface area contributed by atoms with E-state index in [9.17, 15) is 24.9 Å². The van der Waals surface area contributed by atoms with Gasteiger partial charge in [-0.2, -0.15) is 0 Å². The van der Waals surface area contributed by atoms with E-state index in [1.54, 1.807) is 19.9 Å². The van der Waals surface area contributed by atoms with Crippen molar-refractivity contribution in [1.82, 2.24) is 0 Å². The van der Waals surface area contributed by atoms with Gasteiger partial charge in [0.25, 0.3) is 0 Å². The van der Waals surface area contributed by atoms with E-state index in [-0.39, 0.29) is 42.3 Å². The molecule has 0 aromatic heterocycles. The first-order valence-corrected chi connectivity index (χ1v) is 10.1. The topological polar surface area (TPSA) is 94.8 Å². The number of ketones is 2. The molecule has 5 nitrogen and oxygen atoms in total. The van der Waals surface area contributed by atoms with Gasteiger partial charge in [-0.25, -0.2) is 4.39 Å². The van der Waals surface area contributed by atoms with E-state index >= 15 is 4.39 Å². The summed E-state index contributed by atoms with van der Waals surface area (Å²) in [5.41, 5.74) is -3.00. The van der Waals surface area contributed by atoms with Gasteiger partial charge in [0.1, 0.15) is 18.4 Å². The molecule has 0 bridgehead atoms. The Hall–Kier alpha value is -1.37. The number of alkyl halides is 1. The van der Waals surface area contributed by atoms with Crippen LogP contribution < -0.4 is 0 Å². The van der Waals surface area contributed by atoms with Crippen molar-refractivity contribution in [3.8, 4) is 0 Å². The molecule has 3 N–H and O–H groups in total. The van der Waals surface area contributed by atoms with Crippen LogP contribution in [0.4, 0.5) is 4.39 Å². The van der Waals surface area contributed by atoms with Crippen molar-refractivity contribution >= 4 is 11.6 Å². The van der Waals surface area contributed by atoms with Gasteiger partial charge in [-0.1, -0.05) is 26.8 Å². The maximum absolute atomic E-state index is 15.2. The summed E-state index contributed by atoms with van der Waals surface area (Å²) in [7, 11) is 0. The van der Waals surface area contributed by atoms with Crippen molar-refractivity contribution in [2.75, 3.05) is 6.61 Å². The van der Waals surface area contributed by atoms with Gasteiger partial charge in [0.2, 0.25) is 0 Å². The van der Waals surface area contributed by atoms with Crippen LogP contribution in [-0.4, -0.2) is 51.4 Å². The van der Waals surface area contributed by atoms with Crippen LogP contribution in [0.5, 0.6) is 0 Å². The summed E-state index contributed by atoms with van der Waals surface area (Å²) in [5, 5.41) is 32.1. The van der Waals surface area contributed by atoms with E-state index in [0.717, 1.165) is 0 Å². The van der Waals surface area contributed by atoms with Gasteiger partial charge in [0.05, 0.1) is 6.10 Å². The van der Waals surface area contributed by atoms with Gasteiger partial charge in [0, 0.05) is 16.7 Å². The normalized spacial score (nSPS) is 52.5. The minimum atomic E-state index is -1.74. The number of hydrogen-bond donors (Lipinski definition) is 3. The number of rotatable bonds is 2. The highest BCUT2D eigenvalue weighted by Gasteiger charge is 2.71. The van der Waals surface area contributed by atoms with Crippen LogP contribution >= 0.6 is 0 Å². The van der Waals surface area contributed by atoms with Crippen LogP contribution in [0.2, 0.25) is 0 Å². The fourth-order valence-corrected chi connectivity index (χ4v) is 7.38. The van der Waals surface area contributed by atoms with Gasteiger partial charge < -0.3 is 15.3 Å². The van der Waals surface area contributed by atoms with Crippen LogP contribution in [0.25, 0.3) is 0 Å². The summed E-state index contributed by atoms with van der Waals surface area (Å²) >= 11 is 0. The SMILES string of the molecule is C[C@H]1C[C@H]2[C@@H]3C[C@H](F)C4=CC(=O)C=C[C@]4(C)[C@H]3[C@@H](O)C[C@]2(C)[C@@]1(O)C(=O)CO. The highest BCUT2D eigenvalue weighted by molar-refractivity contribution is 6.01. The average Bonchev–Trinajstić information content (AvgIpc) is 2.83. The lowest BCUT2D eigenvalue weighted by molar-refractivity contribution is -0.185. The minimum Gasteiger partial charge on any atom is -0.393 e. The molecule has 0 amide bonds. The van der Waals surface area contributed by atoms with E-state index < -0.39 is 41.1 Å². The minimum absolute atomic E-state index is 0.154. The molecule has 0 aromatic rings. The molecule has 0 aliphatic heterocycles. The second-order valence-electron chi connectivity index (χ2n) is 9.79. The number of aliphatic hydroxyl groups excluding tert-OH is 2. The van der Waals surface area contributed by atoms with Crippen LogP contribution in [0.1, 0.15) is 40.0 Å². The summed E-state index contributed by atoms with van der Waals surface area (Å²) in [6.45, 7) is 4.71. The van der Waals surface area contributed by atoms with E-state index in [4.69, 9.17) is 0 Å². The number of halogens is 1. The number of carbonyl (C=O) groups excluding carboxylic acids is 2. The smallest absolute Gasteiger partial charge is 0.190 e. The fourth-order valence-electron chi connectivity index (χ4n) is 7.38. The summed E-state index contributed by atoms with van der Waals surface area (Å²) in [6, 6.07) is 0. The highest BCUT2D eigenvalue weighted by atomic mass is 19.1. The number of hydrogen-bond acceptors (Lipinski definition) is 5. The maximum Gasteiger partial charge on any atom is 0.190 e. The van der Waals surface area contributed by atoms with Crippen LogP contribution in [-0.2, 0) is 9.59 Å². The van der Waals surface area contributed by atoms with E-state index in [0.29, 0.717) is 12.0 Å². The molecule has 0 radical (unpaired) electrons. The third kappa shape index (κ3) is 2.22. The van der Waals surface area contributed by atoms with Crippen molar-refractivity contribution in [2.24, 2.45) is 34.5 Å². The van der Waals surface area contributed by atoms with Gasteiger partial charge in [-0.15, -0.1) is 0 Å². The number of allylic oxidation sites excluding steroid dienone is 4. The second kappa shape index (κ2) is 6.07. The standard InChI is InChI=1S/C22H29FO5/c1-11-6-14-13-8-16(23)15-7-12(25)4-5-20(15,2)19(13)17(26)9-21(14,3)22(11,28)18(27)10-24/h4-5,7,11,13-14,16-17,19,24,26,28H,6,8-10H2,1-3H3/t11-,13-,14-,16-,17-,19+,20-,21-,22-/m0/s1. The molecular formula is C22H29FO5. The molecule has 4 aliphatic rings. The number of fused-ring (bicyclic) bond motifs is 5. The number of carbonyl (C=O) groups is 2. The molecule has 4 aliphatic carbocycles. The molecule has 28 heavy (non-hydrogen) atoms. The molecule has 9 atom stereocenters. The third-order valence-corrected chi connectivity index (χ3v) is 8.63. The third-order valence-electron chi connectivity index (χ3n) is 8.63. The molecule has 3 fully saturated rings. The largest absolute Gasteiger partial charge is 0.393 e. The lowest BCUT2D eigenvalue weighted by Crippen LogP contribution is -2.63. The molecule has 0 unspecified atom stereocenters. The second-order valence-corrected chi connectivity index (χ2v) is 9.79. The molecule has 0 spiro atoms. The zero-order valence-electron chi connectivity index (χ0n) is 16.6. The zero-order chi connectivity index (χ0) is 20.6. The lowest BCUT2D eigenvalue weighted by Gasteiger charge is -2.60. The van der Waals surface area contributed by atoms with Crippen molar-refractivity contribution in [1.29, 1.82) is 0 Å². The zero-order valence-corrected chi connectivity index (χ0v) is 16.6. The van der Waals surface area contributed by atoms with E-state index in [1.807, 2.05) is 6.92 Å². The predicted molar refractivity (Wildman–Crippen MR) is 99.9 cm³/mol. The summed E-state index contributed by atoms with van der Waals surface area (Å²) in [5.74, 6) is -1.92. The Kier molecular flexibility index (Phi) is 4.32. The molecule has 6 heteroatoms. The monoisotopic (exact) mass is 392 g/mol. The van der Waals surface area contributed by atoms with Crippen LogP contribution in [0, 0.1) is 34.5 Å². The van der Waals surface area contributed by atoms with Gasteiger partial charge in [-0.05, 0) is 54.7 Å². The van der Waals surface area contributed by atoms with Crippen LogP contribution in [0.3, 0.4) is 0 Å². The molecule has 0 saturated heterocycles. The Bertz CT molecular complexity index is 790. The molecule has 3 saturated carbocycles. The Morgan fingerprint density at radius 2 is 2.00 bits per heavy atom. The van der Waals surface area contributed by atoms with Crippen molar-refractivity contribution < 1.29 is 29.3 Å². The van der Waals surface area contributed by atoms with Gasteiger partial charge >= 0.3 is 0 Å². The Balaban J connectivity index is 1.81. The summed E-state index contributed by atoms with van der Waals surface area (Å²) < 4.78 is 15.2. The first-order chi connectivity index (χ1) is 13.0. The van der Waals surface area contributed by atoms with Crippen molar-refractivity contribution in [3.63, 3.8) is 0 Å². The highest BCUT2D eigenvalue weighted by Crippen LogP contribution is 2.68. The summed E-state index contributed by atoms with van der Waals surface area (Å²) in [6.07, 6.45) is 3.29. The van der Waals surface area contributed by atoms with Gasteiger partial charge in [-0.3, -0.25) is 9.59 Å². The molecule has 4 rings (SSSR count). The lowest BCUT2D eigenvalue weighted by atomic mass is 9.46. The molecular weight excluding hydrogens is 363 g/mol. The Morgan fingerprint density at radius 1 is 1.32 bits per heavy atom. The molecule has 0 heterocycles. The van der Waals surface area contributed by atoms with Crippen molar-refractivity contribution in [3.05, 3.63) is 23.8 Å². The fraction of sp³-hybridized carbons (Fsp3) is 0.727. The number of Topliss-reactive ketones (excluding diaryl/α,β-unsaturated/α-hetero) is 1.